The van der Waals surface area contributed by atoms with Crippen LogP contribution in [0.2, 0.25) is 0 Å². The number of rotatable bonds is 2. The van der Waals surface area contributed by atoms with Crippen LogP contribution in [-0.2, 0) is 5.92 Å². The summed E-state index contributed by atoms with van der Waals surface area (Å²) in [4.78, 5) is 6.84. The highest BCUT2D eigenvalue weighted by Crippen LogP contribution is 2.44. The lowest BCUT2D eigenvalue weighted by Crippen LogP contribution is -2.33. The van der Waals surface area contributed by atoms with Gasteiger partial charge in [0.1, 0.15) is 0 Å². The van der Waals surface area contributed by atoms with Gasteiger partial charge in [-0.1, -0.05) is 6.07 Å². The Labute approximate surface area is 121 Å². The Morgan fingerprint density at radius 2 is 1.55 bits per heavy atom. The first-order valence-electron chi connectivity index (χ1n) is 6.27. The summed E-state index contributed by atoms with van der Waals surface area (Å²) in [6.45, 7) is 0. The molecule has 0 fully saturated rings. The third-order valence-electron chi connectivity index (χ3n) is 3.33. The van der Waals surface area contributed by atoms with Crippen LogP contribution in [0.5, 0.6) is 0 Å². The van der Waals surface area contributed by atoms with Gasteiger partial charge >= 0.3 is 12.1 Å². The van der Waals surface area contributed by atoms with Gasteiger partial charge in [0.05, 0.1) is 0 Å². The first kappa shape index (κ1) is 14.5. The topological polar surface area (TPSA) is 28.7 Å². The quantitative estimate of drug-likeness (QED) is 0.671. The molecule has 0 radical (unpaired) electrons. The molecule has 22 heavy (non-hydrogen) atoms. The molecule has 2 aromatic heterocycles. The van der Waals surface area contributed by atoms with Crippen LogP contribution in [0.4, 0.5) is 22.0 Å². The monoisotopic (exact) mass is 312 g/mol. The minimum atomic E-state index is -5.62. The smallest absolute Gasteiger partial charge is 0.355 e. The second-order valence-electron chi connectivity index (χ2n) is 4.79. The Balaban J connectivity index is 2.08. The minimum absolute atomic E-state index is 0.285. The zero-order chi connectivity index (χ0) is 16.0. The van der Waals surface area contributed by atoms with Crippen molar-refractivity contribution in [1.82, 2.24) is 9.97 Å². The minimum Gasteiger partial charge on any atom is -0.355 e. The predicted molar refractivity (Wildman–Crippen MR) is 71.5 cm³/mol. The number of nitrogens with zero attached hydrogens (tertiary/aromatic N) is 1. The molecule has 2 nitrogen and oxygen atoms in total. The van der Waals surface area contributed by atoms with Gasteiger partial charge in [-0.2, -0.15) is 22.0 Å². The molecular formula is C15H9F5N2. The molecule has 0 amide bonds. The SMILES string of the molecule is FC(F)(F)C(F)(F)c1ccc2[nH]c(-c3ccncc3)cc2c1. The maximum absolute atomic E-state index is 13.4. The molecule has 2 heterocycles. The van der Waals surface area contributed by atoms with Crippen molar-refractivity contribution in [2.24, 2.45) is 0 Å². The van der Waals surface area contributed by atoms with Crippen LogP contribution in [-0.4, -0.2) is 16.1 Å². The summed E-state index contributed by atoms with van der Waals surface area (Å²) in [5, 5.41) is 0.285. The Hall–Kier alpha value is -2.44. The lowest BCUT2D eigenvalue weighted by molar-refractivity contribution is -0.289. The largest absolute Gasteiger partial charge is 0.458 e. The number of aromatic amines is 1. The van der Waals surface area contributed by atoms with E-state index in [4.69, 9.17) is 0 Å². The van der Waals surface area contributed by atoms with E-state index in [0.29, 0.717) is 11.2 Å². The fraction of sp³-hybridized carbons (Fsp3) is 0.133. The number of nitrogens with one attached hydrogen (secondary N) is 1. The van der Waals surface area contributed by atoms with Gasteiger partial charge in [-0.05, 0) is 30.3 Å². The van der Waals surface area contributed by atoms with Crippen molar-refractivity contribution in [3.05, 3.63) is 54.4 Å². The van der Waals surface area contributed by atoms with Crippen LogP contribution < -0.4 is 0 Å². The van der Waals surface area contributed by atoms with Crippen LogP contribution in [0.15, 0.2) is 48.8 Å². The van der Waals surface area contributed by atoms with Crippen molar-refractivity contribution in [3.8, 4) is 11.3 Å². The molecule has 114 valence electrons. The van der Waals surface area contributed by atoms with E-state index in [1.807, 2.05) is 0 Å². The summed E-state index contributed by atoms with van der Waals surface area (Å²) in [6, 6.07) is 7.79. The van der Waals surface area contributed by atoms with Crippen LogP contribution in [0, 0.1) is 0 Å². The Morgan fingerprint density at radius 1 is 0.864 bits per heavy atom. The standard InChI is InChI=1S/C15H9F5N2/c16-14(17,15(18,19)20)11-1-2-12-10(7-11)8-13(22-12)9-3-5-21-6-4-9/h1-8,22H. The highest BCUT2D eigenvalue weighted by molar-refractivity contribution is 5.86. The molecule has 0 saturated carbocycles. The second kappa shape index (κ2) is 4.79. The number of hydrogen-bond acceptors (Lipinski definition) is 1. The molecule has 3 rings (SSSR count). The molecule has 7 heteroatoms. The lowest BCUT2D eigenvalue weighted by Gasteiger charge is -2.19. The molecule has 0 aliphatic heterocycles. The lowest BCUT2D eigenvalue weighted by atomic mass is 10.1. The van der Waals surface area contributed by atoms with E-state index in [0.717, 1.165) is 17.7 Å². The van der Waals surface area contributed by atoms with Crippen LogP contribution >= 0.6 is 0 Å². The van der Waals surface area contributed by atoms with Crippen molar-refractivity contribution in [2.45, 2.75) is 12.1 Å². The highest BCUT2D eigenvalue weighted by Gasteiger charge is 2.58. The normalized spacial score (nSPS) is 12.8. The Bertz CT molecular complexity index is 806. The third kappa shape index (κ3) is 2.32. The first-order chi connectivity index (χ1) is 10.3. The van der Waals surface area contributed by atoms with Gasteiger partial charge in [0.2, 0.25) is 0 Å². The second-order valence-corrected chi connectivity index (χ2v) is 4.79. The van der Waals surface area contributed by atoms with Gasteiger partial charge in [-0.25, -0.2) is 0 Å². The summed E-state index contributed by atoms with van der Waals surface area (Å²) >= 11 is 0. The number of hydrogen-bond donors (Lipinski definition) is 1. The van der Waals surface area contributed by atoms with Crippen molar-refractivity contribution >= 4 is 10.9 Å². The molecule has 1 aromatic carbocycles. The number of pyridine rings is 1. The molecule has 0 unspecified atom stereocenters. The van der Waals surface area contributed by atoms with Gasteiger partial charge in [0, 0.05) is 40.1 Å². The molecule has 0 spiro atoms. The number of halogens is 5. The average Bonchev–Trinajstić information content (AvgIpc) is 2.90. The third-order valence-corrected chi connectivity index (χ3v) is 3.33. The van der Waals surface area contributed by atoms with E-state index >= 15 is 0 Å². The van der Waals surface area contributed by atoms with Gasteiger partial charge in [0.15, 0.2) is 0 Å². The van der Waals surface area contributed by atoms with E-state index < -0.39 is 17.7 Å². The summed E-state index contributed by atoms with van der Waals surface area (Å²) in [7, 11) is 0. The molecular weight excluding hydrogens is 303 g/mol. The van der Waals surface area contributed by atoms with Crippen molar-refractivity contribution in [1.29, 1.82) is 0 Å². The maximum atomic E-state index is 13.4. The number of fused-ring (bicyclic) bond motifs is 1. The number of benzene rings is 1. The van der Waals surface area contributed by atoms with Gasteiger partial charge in [0.25, 0.3) is 0 Å². The van der Waals surface area contributed by atoms with E-state index in [1.54, 1.807) is 24.5 Å². The van der Waals surface area contributed by atoms with Crippen molar-refractivity contribution in [3.63, 3.8) is 0 Å². The fourth-order valence-corrected chi connectivity index (χ4v) is 2.18. The summed E-state index contributed by atoms with van der Waals surface area (Å²) in [5.41, 5.74) is 0.779. The summed E-state index contributed by atoms with van der Waals surface area (Å²) < 4.78 is 64.0. The van der Waals surface area contributed by atoms with Gasteiger partial charge in [-0.3, -0.25) is 4.98 Å². The highest BCUT2D eigenvalue weighted by atomic mass is 19.4. The maximum Gasteiger partial charge on any atom is 0.458 e. The molecule has 0 aliphatic rings. The molecule has 3 aromatic rings. The number of H-pyrrole nitrogens is 1. The van der Waals surface area contributed by atoms with Crippen LogP contribution in [0.25, 0.3) is 22.2 Å². The Kier molecular flexibility index (Phi) is 3.16. The van der Waals surface area contributed by atoms with E-state index in [-0.39, 0.29) is 5.39 Å². The first-order valence-corrected chi connectivity index (χ1v) is 6.27. The van der Waals surface area contributed by atoms with Crippen molar-refractivity contribution in [2.75, 3.05) is 0 Å². The molecule has 0 aliphatic carbocycles. The molecule has 0 bridgehead atoms. The summed E-state index contributed by atoms with van der Waals surface area (Å²) in [6.07, 6.45) is -2.50. The predicted octanol–water partition coefficient (Wildman–Crippen LogP) is 4.88. The fourth-order valence-electron chi connectivity index (χ4n) is 2.18. The number of aromatic nitrogens is 2. The molecule has 1 N–H and O–H groups in total. The van der Waals surface area contributed by atoms with E-state index in [9.17, 15) is 22.0 Å². The van der Waals surface area contributed by atoms with Gasteiger partial charge in [-0.15, -0.1) is 0 Å². The number of alkyl halides is 5. The average molecular weight is 312 g/mol. The summed E-state index contributed by atoms with van der Waals surface area (Å²) in [5.74, 6) is -4.88. The van der Waals surface area contributed by atoms with Crippen LogP contribution in [0.3, 0.4) is 0 Å². The zero-order valence-corrected chi connectivity index (χ0v) is 11.0. The van der Waals surface area contributed by atoms with Crippen molar-refractivity contribution < 1.29 is 22.0 Å². The molecule has 0 saturated heterocycles. The van der Waals surface area contributed by atoms with Crippen LogP contribution in [0.1, 0.15) is 5.56 Å². The van der Waals surface area contributed by atoms with E-state index in [1.165, 1.54) is 12.1 Å². The Morgan fingerprint density at radius 3 is 2.18 bits per heavy atom. The zero-order valence-electron chi connectivity index (χ0n) is 11.0. The molecule has 0 atom stereocenters. The van der Waals surface area contributed by atoms with E-state index in [2.05, 4.69) is 9.97 Å². The van der Waals surface area contributed by atoms with Gasteiger partial charge < -0.3 is 4.98 Å².